The van der Waals surface area contributed by atoms with Crippen LogP contribution in [0.25, 0.3) is 5.69 Å². The second-order valence-corrected chi connectivity index (χ2v) is 6.84. The number of hydrogen-bond acceptors (Lipinski definition) is 4. The monoisotopic (exact) mass is 498 g/mol. The summed E-state index contributed by atoms with van der Waals surface area (Å²) in [6.45, 7) is 2.19. The van der Waals surface area contributed by atoms with Gasteiger partial charge in [-0.2, -0.15) is 5.10 Å². The zero-order valence-corrected chi connectivity index (χ0v) is 18.8. The lowest BCUT2D eigenvalue weighted by molar-refractivity contribution is 0.0468. The van der Waals surface area contributed by atoms with E-state index in [1.54, 1.807) is 18.1 Å². The number of nitrogens with zero attached hydrogens (tertiary/aromatic N) is 4. The van der Waals surface area contributed by atoms with Gasteiger partial charge in [-0.05, 0) is 30.5 Å². The van der Waals surface area contributed by atoms with Crippen molar-refractivity contribution in [2.24, 2.45) is 4.99 Å². The standard InChI is InChI=1S/C20H30N6O.HI/c1-21-20(23-12-13-27-19-6-4-2-3-5-7-19)24-14-17-8-10-18(11-9-17)26-16-22-15-25-26;/h8-11,15-16,19H,2-7,12-14H2,1H3,(H2,21,23,24);1H. The summed E-state index contributed by atoms with van der Waals surface area (Å²) in [7, 11) is 1.79. The smallest absolute Gasteiger partial charge is 0.191 e. The van der Waals surface area contributed by atoms with Crippen LogP contribution in [0.5, 0.6) is 0 Å². The molecule has 2 aromatic rings. The van der Waals surface area contributed by atoms with Crippen LogP contribution in [0.3, 0.4) is 0 Å². The molecule has 0 atom stereocenters. The van der Waals surface area contributed by atoms with E-state index in [2.05, 4.69) is 37.8 Å². The molecule has 0 bridgehead atoms. The van der Waals surface area contributed by atoms with Crippen LogP contribution in [0.15, 0.2) is 41.9 Å². The Labute approximate surface area is 184 Å². The molecule has 28 heavy (non-hydrogen) atoms. The minimum Gasteiger partial charge on any atom is -0.376 e. The molecule has 0 unspecified atom stereocenters. The molecular formula is C20H31IN6O. The van der Waals surface area contributed by atoms with Crippen LogP contribution in [0.4, 0.5) is 0 Å². The van der Waals surface area contributed by atoms with Crippen LogP contribution in [0.2, 0.25) is 0 Å². The van der Waals surface area contributed by atoms with Gasteiger partial charge in [0.05, 0.1) is 18.4 Å². The average Bonchev–Trinajstić information content (AvgIpc) is 3.12. The maximum Gasteiger partial charge on any atom is 0.191 e. The summed E-state index contributed by atoms with van der Waals surface area (Å²) >= 11 is 0. The van der Waals surface area contributed by atoms with E-state index >= 15 is 0 Å². The Morgan fingerprint density at radius 3 is 2.54 bits per heavy atom. The molecule has 1 aliphatic carbocycles. The molecule has 8 heteroatoms. The molecule has 0 aliphatic heterocycles. The highest BCUT2D eigenvalue weighted by Gasteiger charge is 2.12. The van der Waals surface area contributed by atoms with E-state index in [9.17, 15) is 0 Å². The molecule has 0 spiro atoms. The van der Waals surface area contributed by atoms with Crippen molar-refractivity contribution >= 4 is 29.9 Å². The summed E-state index contributed by atoms with van der Waals surface area (Å²) in [4.78, 5) is 8.24. The van der Waals surface area contributed by atoms with Crippen LogP contribution >= 0.6 is 24.0 Å². The minimum atomic E-state index is 0. The Morgan fingerprint density at radius 2 is 1.89 bits per heavy atom. The number of aliphatic imine (C=N–C) groups is 1. The third-order valence-corrected chi connectivity index (χ3v) is 4.85. The third kappa shape index (κ3) is 7.38. The Hall–Kier alpha value is -1.68. The number of guanidine groups is 1. The van der Waals surface area contributed by atoms with Gasteiger partial charge in [-0.25, -0.2) is 9.67 Å². The molecule has 1 aromatic heterocycles. The van der Waals surface area contributed by atoms with Crippen molar-refractivity contribution < 1.29 is 4.74 Å². The first-order chi connectivity index (χ1) is 13.3. The first-order valence-electron chi connectivity index (χ1n) is 9.85. The molecule has 3 rings (SSSR count). The van der Waals surface area contributed by atoms with Gasteiger partial charge in [-0.1, -0.05) is 37.8 Å². The van der Waals surface area contributed by atoms with Gasteiger partial charge < -0.3 is 15.4 Å². The molecule has 0 saturated heterocycles. The van der Waals surface area contributed by atoms with Crippen LogP contribution < -0.4 is 10.6 Å². The molecule has 7 nitrogen and oxygen atoms in total. The van der Waals surface area contributed by atoms with Crippen LogP contribution in [-0.4, -0.2) is 47.0 Å². The largest absolute Gasteiger partial charge is 0.376 e. The topological polar surface area (TPSA) is 76.4 Å². The lowest BCUT2D eigenvalue weighted by Gasteiger charge is -2.17. The van der Waals surface area contributed by atoms with Crippen molar-refractivity contribution in [2.45, 2.75) is 51.2 Å². The normalized spacial score (nSPS) is 15.5. The molecule has 0 amide bonds. The van der Waals surface area contributed by atoms with Gasteiger partial charge in [0.15, 0.2) is 5.96 Å². The zero-order chi connectivity index (χ0) is 18.7. The quantitative estimate of drug-likeness (QED) is 0.202. The van der Waals surface area contributed by atoms with Gasteiger partial charge in [0, 0.05) is 20.1 Å². The van der Waals surface area contributed by atoms with Gasteiger partial charge >= 0.3 is 0 Å². The number of nitrogens with one attached hydrogen (secondary N) is 2. The van der Waals surface area contributed by atoms with E-state index in [4.69, 9.17) is 4.74 Å². The molecule has 1 aromatic carbocycles. The molecular weight excluding hydrogens is 467 g/mol. The van der Waals surface area contributed by atoms with Gasteiger partial charge in [-0.15, -0.1) is 24.0 Å². The van der Waals surface area contributed by atoms with Gasteiger partial charge in [0.2, 0.25) is 0 Å². The lowest BCUT2D eigenvalue weighted by atomic mass is 10.1. The minimum absolute atomic E-state index is 0. The molecule has 1 fully saturated rings. The Balaban J connectivity index is 0.00000280. The van der Waals surface area contributed by atoms with Crippen LogP contribution in [-0.2, 0) is 11.3 Å². The van der Waals surface area contributed by atoms with E-state index < -0.39 is 0 Å². The first-order valence-corrected chi connectivity index (χ1v) is 9.85. The highest BCUT2D eigenvalue weighted by atomic mass is 127. The molecule has 2 N–H and O–H groups in total. The second-order valence-electron chi connectivity index (χ2n) is 6.84. The fourth-order valence-electron chi connectivity index (χ4n) is 3.32. The predicted octanol–water partition coefficient (Wildman–Crippen LogP) is 3.29. The maximum atomic E-state index is 6.01. The van der Waals surface area contributed by atoms with Crippen molar-refractivity contribution in [1.29, 1.82) is 0 Å². The van der Waals surface area contributed by atoms with E-state index in [1.165, 1.54) is 50.4 Å². The van der Waals surface area contributed by atoms with Crippen molar-refractivity contribution in [2.75, 3.05) is 20.2 Å². The number of rotatable bonds is 7. The van der Waals surface area contributed by atoms with Gasteiger partial charge in [0.1, 0.15) is 12.7 Å². The fraction of sp³-hybridized carbons (Fsp3) is 0.550. The lowest BCUT2D eigenvalue weighted by Crippen LogP contribution is -2.38. The van der Waals surface area contributed by atoms with Crippen molar-refractivity contribution in [1.82, 2.24) is 25.4 Å². The zero-order valence-electron chi connectivity index (χ0n) is 16.5. The number of benzene rings is 1. The van der Waals surface area contributed by atoms with Crippen LogP contribution in [0, 0.1) is 0 Å². The SMILES string of the molecule is CN=C(NCCOC1CCCCCC1)NCc1ccc(-n2cncn2)cc1.I. The number of aromatic nitrogens is 3. The van der Waals surface area contributed by atoms with Gasteiger partial charge in [-0.3, -0.25) is 4.99 Å². The Bertz CT molecular complexity index is 681. The highest BCUT2D eigenvalue weighted by Crippen LogP contribution is 2.19. The van der Waals surface area contributed by atoms with Gasteiger partial charge in [0.25, 0.3) is 0 Å². The number of halogens is 1. The Kier molecular flexibility index (Phi) is 10.3. The van der Waals surface area contributed by atoms with Crippen molar-refractivity contribution in [3.8, 4) is 5.69 Å². The summed E-state index contributed by atoms with van der Waals surface area (Å²) < 4.78 is 7.75. The summed E-state index contributed by atoms with van der Waals surface area (Å²) in [5.41, 5.74) is 2.17. The summed E-state index contributed by atoms with van der Waals surface area (Å²) in [5, 5.41) is 10.8. The summed E-state index contributed by atoms with van der Waals surface area (Å²) in [6, 6.07) is 8.21. The number of hydrogen-bond donors (Lipinski definition) is 2. The highest BCUT2D eigenvalue weighted by molar-refractivity contribution is 14.0. The molecule has 1 saturated carbocycles. The molecule has 1 aliphatic rings. The number of ether oxygens (including phenoxy) is 1. The van der Waals surface area contributed by atoms with Crippen LogP contribution in [0.1, 0.15) is 44.1 Å². The predicted molar refractivity (Wildman–Crippen MR) is 122 cm³/mol. The fourth-order valence-corrected chi connectivity index (χ4v) is 3.32. The van der Waals surface area contributed by atoms with E-state index in [0.717, 1.165) is 24.8 Å². The average molecular weight is 498 g/mol. The summed E-state index contributed by atoms with van der Waals surface area (Å²) in [5.74, 6) is 0.791. The summed E-state index contributed by atoms with van der Waals surface area (Å²) in [6.07, 6.45) is 11.4. The molecule has 1 heterocycles. The van der Waals surface area contributed by atoms with Crippen molar-refractivity contribution in [3.63, 3.8) is 0 Å². The van der Waals surface area contributed by atoms with E-state index in [-0.39, 0.29) is 24.0 Å². The maximum absolute atomic E-state index is 6.01. The second kappa shape index (κ2) is 12.7. The first kappa shape index (κ1) is 22.6. The van der Waals surface area contributed by atoms with E-state index in [1.807, 2.05) is 12.1 Å². The van der Waals surface area contributed by atoms with E-state index in [0.29, 0.717) is 12.6 Å². The van der Waals surface area contributed by atoms with Crippen molar-refractivity contribution in [3.05, 3.63) is 42.5 Å². The Morgan fingerprint density at radius 1 is 1.14 bits per heavy atom. The molecule has 0 radical (unpaired) electrons. The molecule has 154 valence electrons. The third-order valence-electron chi connectivity index (χ3n) is 4.85.